The maximum Gasteiger partial charge on any atom is 2.00 e. The van der Waals surface area contributed by atoms with Gasteiger partial charge in [0.2, 0.25) is 5.82 Å². The fourth-order valence-electron chi connectivity index (χ4n) is 0.578. The summed E-state index contributed by atoms with van der Waals surface area (Å²) in [7, 11) is 0. The Morgan fingerprint density at radius 2 is 0.923 bits per heavy atom. The van der Waals surface area contributed by atoms with Crippen molar-refractivity contribution < 1.29 is 24.8 Å². The number of rotatable bonds is 0. The smallest absolute Gasteiger partial charge is 1.00 e. The van der Waals surface area contributed by atoms with Gasteiger partial charge in [0.1, 0.15) is 0 Å². The van der Waals surface area contributed by atoms with Crippen molar-refractivity contribution in [2.24, 2.45) is 0 Å². The second-order valence-corrected chi connectivity index (χ2v) is 2.68. The monoisotopic (exact) mass is 272 g/mol. The fourth-order valence-corrected chi connectivity index (χ4v) is 0.926. The molecule has 13 heavy (non-hydrogen) atoms. The number of halogens is 6. The van der Waals surface area contributed by atoms with Crippen LogP contribution in [-0.2, 0) is 0 Å². The van der Waals surface area contributed by atoms with Crippen molar-refractivity contribution >= 4 is 39.0 Å². The van der Waals surface area contributed by atoms with E-state index < -0.39 is 33.6 Å². The topological polar surface area (TPSA) is 0 Å². The SMILES string of the molecule is Fc1c(F)c(F)c(Br)c(F)c1F.[H-].[H-].[Mg+2]. The molecule has 0 aromatic heterocycles. The van der Waals surface area contributed by atoms with E-state index in [0.29, 0.717) is 0 Å². The van der Waals surface area contributed by atoms with Gasteiger partial charge in [-0.2, -0.15) is 0 Å². The minimum Gasteiger partial charge on any atom is -1.00 e. The van der Waals surface area contributed by atoms with Gasteiger partial charge in [0.15, 0.2) is 23.3 Å². The molecule has 0 heterocycles. The first-order valence-corrected chi connectivity index (χ1v) is 3.43. The largest absolute Gasteiger partial charge is 2.00 e. The molecule has 0 aliphatic rings. The van der Waals surface area contributed by atoms with Crippen molar-refractivity contribution in [3.05, 3.63) is 33.6 Å². The van der Waals surface area contributed by atoms with Gasteiger partial charge in [0, 0.05) is 0 Å². The van der Waals surface area contributed by atoms with E-state index in [-0.39, 0.29) is 25.9 Å². The van der Waals surface area contributed by atoms with Gasteiger partial charge in [-0.1, -0.05) is 0 Å². The van der Waals surface area contributed by atoms with Crippen LogP contribution in [-0.4, -0.2) is 23.1 Å². The maximum atomic E-state index is 12.4. The zero-order valence-corrected chi connectivity index (χ0v) is 8.98. The third kappa shape index (κ3) is 2.13. The predicted octanol–water partition coefficient (Wildman–Crippen LogP) is 2.99. The molecule has 0 amide bonds. The summed E-state index contributed by atoms with van der Waals surface area (Å²) in [5.41, 5.74) is 0. The molecule has 0 nitrogen and oxygen atoms in total. The van der Waals surface area contributed by atoms with Crippen LogP contribution >= 0.6 is 15.9 Å². The first kappa shape index (κ1) is 13.1. The Balaban J connectivity index is -0.000000480. The number of hydrogen-bond donors (Lipinski definition) is 0. The van der Waals surface area contributed by atoms with Crippen LogP contribution in [0.25, 0.3) is 0 Å². The molecule has 1 aromatic rings. The van der Waals surface area contributed by atoms with Gasteiger partial charge in [0.25, 0.3) is 0 Å². The molecule has 1 rings (SSSR count). The van der Waals surface area contributed by atoms with Crippen LogP contribution < -0.4 is 0 Å². The van der Waals surface area contributed by atoms with Crippen molar-refractivity contribution in [3.63, 3.8) is 0 Å². The molecule has 7 heteroatoms. The van der Waals surface area contributed by atoms with Gasteiger partial charge in [-0.15, -0.1) is 0 Å². The summed E-state index contributed by atoms with van der Waals surface area (Å²) in [6, 6.07) is 0. The number of benzene rings is 1. The minimum absolute atomic E-state index is 0. The van der Waals surface area contributed by atoms with Crippen LogP contribution in [0, 0.1) is 29.1 Å². The Morgan fingerprint density at radius 1 is 0.692 bits per heavy atom. The summed E-state index contributed by atoms with van der Waals surface area (Å²) in [4.78, 5) is 0. The Kier molecular flexibility index (Phi) is 4.60. The molecule has 0 unspecified atom stereocenters. The summed E-state index contributed by atoms with van der Waals surface area (Å²) < 4.78 is 60.3. The van der Waals surface area contributed by atoms with Gasteiger partial charge in [-0.25, -0.2) is 22.0 Å². The summed E-state index contributed by atoms with van der Waals surface area (Å²) in [6.45, 7) is 0. The minimum atomic E-state index is -2.16. The molecular formula is C6H2BrF5Mg. The molecular weight excluding hydrogens is 271 g/mol. The zero-order chi connectivity index (χ0) is 9.46. The molecule has 0 bridgehead atoms. The normalized spacial score (nSPS) is 9.69. The zero-order valence-electron chi connectivity index (χ0n) is 7.97. The fraction of sp³-hybridized carbons (Fsp3) is 0. The Labute approximate surface area is 97.4 Å². The molecule has 0 N–H and O–H groups in total. The van der Waals surface area contributed by atoms with Gasteiger partial charge < -0.3 is 2.85 Å². The van der Waals surface area contributed by atoms with E-state index in [9.17, 15) is 22.0 Å². The molecule has 0 spiro atoms. The summed E-state index contributed by atoms with van der Waals surface area (Å²) in [5, 5.41) is 0. The second-order valence-electron chi connectivity index (χ2n) is 1.88. The van der Waals surface area contributed by atoms with Crippen LogP contribution in [0.2, 0.25) is 0 Å². The molecule has 0 saturated carbocycles. The average Bonchev–Trinajstić information content (AvgIpc) is 2.08. The van der Waals surface area contributed by atoms with Gasteiger partial charge >= 0.3 is 23.1 Å². The molecule has 0 radical (unpaired) electrons. The Morgan fingerprint density at radius 3 is 1.23 bits per heavy atom. The molecule has 0 aliphatic carbocycles. The standard InChI is InChI=1S/C6BrF5.Mg.2H/c7-1-2(8)4(10)6(12)5(11)3(1)9;;;/q;+2;2*-1. The van der Waals surface area contributed by atoms with Crippen molar-refractivity contribution in [3.8, 4) is 0 Å². The van der Waals surface area contributed by atoms with E-state index in [1.165, 1.54) is 0 Å². The number of hydrogen-bond acceptors (Lipinski definition) is 0. The van der Waals surface area contributed by atoms with Crippen molar-refractivity contribution in [2.75, 3.05) is 0 Å². The van der Waals surface area contributed by atoms with Crippen LogP contribution in [0.15, 0.2) is 4.47 Å². The molecule has 0 atom stereocenters. The van der Waals surface area contributed by atoms with E-state index >= 15 is 0 Å². The first-order chi connectivity index (χ1) is 5.46. The van der Waals surface area contributed by atoms with Gasteiger partial charge in [0.05, 0.1) is 4.47 Å². The van der Waals surface area contributed by atoms with E-state index in [1.807, 2.05) is 0 Å². The Bertz CT molecular complexity index is 244. The Hall–Kier alpha value is 0.116. The van der Waals surface area contributed by atoms with Crippen LogP contribution in [0.1, 0.15) is 2.85 Å². The average molecular weight is 273 g/mol. The van der Waals surface area contributed by atoms with E-state index in [1.54, 1.807) is 0 Å². The van der Waals surface area contributed by atoms with Crippen LogP contribution in [0.5, 0.6) is 0 Å². The van der Waals surface area contributed by atoms with Crippen molar-refractivity contribution in [1.29, 1.82) is 0 Å². The second kappa shape index (κ2) is 4.56. The first-order valence-electron chi connectivity index (χ1n) is 2.63. The van der Waals surface area contributed by atoms with E-state index in [2.05, 4.69) is 15.9 Å². The summed E-state index contributed by atoms with van der Waals surface area (Å²) >= 11 is 2.22. The summed E-state index contributed by atoms with van der Waals surface area (Å²) in [6.07, 6.45) is 0. The summed E-state index contributed by atoms with van der Waals surface area (Å²) in [5.74, 6) is -9.81. The van der Waals surface area contributed by atoms with Crippen LogP contribution in [0.3, 0.4) is 0 Å². The quantitative estimate of drug-likeness (QED) is 0.295. The molecule has 0 aliphatic heterocycles. The van der Waals surface area contributed by atoms with E-state index in [4.69, 9.17) is 0 Å². The molecule has 0 saturated heterocycles. The van der Waals surface area contributed by atoms with Gasteiger partial charge in [-0.05, 0) is 15.9 Å². The maximum absolute atomic E-state index is 12.4. The molecule has 0 fully saturated rings. The van der Waals surface area contributed by atoms with Crippen LogP contribution in [0.4, 0.5) is 22.0 Å². The predicted molar refractivity (Wildman–Crippen MR) is 41.9 cm³/mol. The third-order valence-electron chi connectivity index (χ3n) is 1.16. The van der Waals surface area contributed by atoms with Gasteiger partial charge in [-0.3, -0.25) is 0 Å². The van der Waals surface area contributed by atoms with E-state index in [0.717, 1.165) is 0 Å². The third-order valence-corrected chi connectivity index (χ3v) is 1.85. The van der Waals surface area contributed by atoms with Crippen molar-refractivity contribution in [2.45, 2.75) is 0 Å². The van der Waals surface area contributed by atoms with Crippen molar-refractivity contribution in [1.82, 2.24) is 0 Å². The molecule has 1 aromatic carbocycles. The molecule has 70 valence electrons.